The summed E-state index contributed by atoms with van der Waals surface area (Å²) in [7, 11) is 0. The van der Waals surface area contributed by atoms with E-state index >= 15 is 0 Å². The number of nitrogens with zero attached hydrogens (tertiary/aromatic N) is 1. The van der Waals surface area contributed by atoms with Crippen LogP contribution in [0.5, 0.6) is 5.75 Å². The van der Waals surface area contributed by atoms with Crippen molar-refractivity contribution in [2.45, 2.75) is 31.8 Å². The van der Waals surface area contributed by atoms with Crippen molar-refractivity contribution >= 4 is 11.7 Å². The lowest BCUT2D eigenvalue weighted by Gasteiger charge is -2.44. The van der Waals surface area contributed by atoms with Crippen LogP contribution in [-0.2, 0) is 4.79 Å². The van der Waals surface area contributed by atoms with Crippen molar-refractivity contribution in [2.75, 3.05) is 13.1 Å². The molecule has 0 radical (unpaired) electrons. The molecular formula is C17H19NO3. The number of carbonyl (C=O) groups excluding carboxylic acids is 2. The molecule has 0 bridgehead atoms. The fourth-order valence-corrected chi connectivity index (χ4v) is 3.11. The van der Waals surface area contributed by atoms with Gasteiger partial charge in [-0.05, 0) is 19.1 Å². The topological polar surface area (TPSA) is 46.6 Å². The Morgan fingerprint density at radius 3 is 2.62 bits per heavy atom. The highest BCUT2D eigenvalue weighted by Gasteiger charge is 2.43. The minimum atomic E-state index is -0.447. The summed E-state index contributed by atoms with van der Waals surface area (Å²) >= 11 is 0. The third-order valence-corrected chi connectivity index (χ3v) is 4.32. The number of likely N-dealkylation sites (tertiary alicyclic amines) is 1. The first-order valence-corrected chi connectivity index (χ1v) is 7.27. The maximum atomic E-state index is 12.3. The van der Waals surface area contributed by atoms with E-state index < -0.39 is 5.60 Å². The summed E-state index contributed by atoms with van der Waals surface area (Å²) in [6.45, 7) is 6.65. The molecule has 2 aliphatic heterocycles. The van der Waals surface area contributed by atoms with Gasteiger partial charge in [0.05, 0.1) is 12.0 Å². The highest BCUT2D eigenvalue weighted by atomic mass is 16.5. The molecular weight excluding hydrogens is 266 g/mol. The molecule has 0 unspecified atom stereocenters. The normalized spacial score (nSPS) is 19.9. The first-order valence-electron chi connectivity index (χ1n) is 7.27. The Kier molecular flexibility index (Phi) is 3.32. The first kappa shape index (κ1) is 13.9. The molecule has 2 aliphatic rings. The standard InChI is InChI=1S/C17H19NO3/c1-12(2)16(20)18-9-7-17(8-10-18)11-14(19)13-5-3-4-6-15(13)21-17/h3-6H,1,7-11H2,2H3. The van der Waals surface area contributed by atoms with Crippen molar-refractivity contribution in [1.82, 2.24) is 4.90 Å². The molecule has 110 valence electrons. The Morgan fingerprint density at radius 1 is 1.29 bits per heavy atom. The zero-order chi connectivity index (χ0) is 15.0. The van der Waals surface area contributed by atoms with Gasteiger partial charge >= 0.3 is 0 Å². The summed E-state index contributed by atoms with van der Waals surface area (Å²) in [5.74, 6) is 0.803. The fraction of sp³-hybridized carbons (Fsp3) is 0.412. The van der Waals surface area contributed by atoms with Gasteiger partial charge in [0.15, 0.2) is 5.78 Å². The summed E-state index contributed by atoms with van der Waals surface area (Å²) in [4.78, 5) is 26.1. The molecule has 0 atom stereocenters. The van der Waals surface area contributed by atoms with Gasteiger partial charge in [0, 0.05) is 31.5 Å². The number of fused-ring (bicyclic) bond motifs is 1. The zero-order valence-corrected chi connectivity index (χ0v) is 12.2. The largest absolute Gasteiger partial charge is 0.486 e. The number of piperidine rings is 1. The first-order chi connectivity index (χ1) is 10.0. The molecule has 21 heavy (non-hydrogen) atoms. The molecule has 1 fully saturated rings. The molecule has 1 aromatic rings. The lowest BCUT2D eigenvalue weighted by atomic mass is 9.82. The van der Waals surface area contributed by atoms with Gasteiger partial charge in [-0.1, -0.05) is 18.7 Å². The van der Waals surface area contributed by atoms with E-state index in [0.717, 1.165) is 0 Å². The van der Waals surface area contributed by atoms with E-state index in [9.17, 15) is 9.59 Å². The molecule has 1 aromatic carbocycles. The van der Waals surface area contributed by atoms with Gasteiger partial charge < -0.3 is 9.64 Å². The molecule has 1 saturated heterocycles. The van der Waals surface area contributed by atoms with Crippen LogP contribution in [0.4, 0.5) is 0 Å². The molecule has 0 aromatic heterocycles. The third-order valence-electron chi connectivity index (χ3n) is 4.32. The van der Waals surface area contributed by atoms with E-state index in [1.165, 1.54) is 0 Å². The monoisotopic (exact) mass is 285 g/mol. The minimum absolute atomic E-state index is 0.00705. The Balaban J connectivity index is 1.76. The number of amides is 1. The van der Waals surface area contributed by atoms with Crippen molar-refractivity contribution in [2.24, 2.45) is 0 Å². The number of para-hydroxylation sites is 1. The van der Waals surface area contributed by atoms with Crippen LogP contribution in [0.1, 0.15) is 36.5 Å². The van der Waals surface area contributed by atoms with Crippen LogP contribution in [0.25, 0.3) is 0 Å². The number of hydrogen-bond donors (Lipinski definition) is 0. The molecule has 0 N–H and O–H groups in total. The smallest absolute Gasteiger partial charge is 0.248 e. The van der Waals surface area contributed by atoms with Gasteiger partial charge in [-0.2, -0.15) is 0 Å². The van der Waals surface area contributed by atoms with Gasteiger partial charge in [-0.3, -0.25) is 9.59 Å². The summed E-state index contributed by atoms with van der Waals surface area (Å²) in [5.41, 5.74) is 0.776. The molecule has 2 heterocycles. The summed E-state index contributed by atoms with van der Waals surface area (Å²) in [6.07, 6.45) is 1.78. The second kappa shape index (κ2) is 5.02. The van der Waals surface area contributed by atoms with E-state index in [-0.39, 0.29) is 11.7 Å². The van der Waals surface area contributed by atoms with Crippen molar-refractivity contribution < 1.29 is 14.3 Å². The van der Waals surface area contributed by atoms with Gasteiger partial charge in [0.1, 0.15) is 11.4 Å². The van der Waals surface area contributed by atoms with E-state index in [1.807, 2.05) is 24.3 Å². The van der Waals surface area contributed by atoms with Crippen LogP contribution >= 0.6 is 0 Å². The molecule has 3 rings (SSSR count). The minimum Gasteiger partial charge on any atom is -0.486 e. The molecule has 1 spiro atoms. The van der Waals surface area contributed by atoms with Crippen LogP contribution in [0.2, 0.25) is 0 Å². The van der Waals surface area contributed by atoms with Crippen molar-refractivity contribution in [3.63, 3.8) is 0 Å². The van der Waals surface area contributed by atoms with Crippen LogP contribution in [-0.4, -0.2) is 35.3 Å². The lowest BCUT2D eigenvalue weighted by molar-refractivity contribution is -0.130. The van der Waals surface area contributed by atoms with Crippen molar-refractivity contribution in [3.8, 4) is 5.75 Å². The highest BCUT2D eigenvalue weighted by Crippen LogP contribution is 2.39. The zero-order valence-electron chi connectivity index (χ0n) is 12.2. The lowest BCUT2D eigenvalue weighted by Crippen LogP contribution is -2.52. The van der Waals surface area contributed by atoms with Crippen molar-refractivity contribution in [1.29, 1.82) is 0 Å². The van der Waals surface area contributed by atoms with Crippen molar-refractivity contribution in [3.05, 3.63) is 42.0 Å². The number of hydrogen-bond acceptors (Lipinski definition) is 3. The Labute approximate surface area is 124 Å². The maximum Gasteiger partial charge on any atom is 0.248 e. The van der Waals surface area contributed by atoms with Gasteiger partial charge in [-0.15, -0.1) is 0 Å². The average molecular weight is 285 g/mol. The Hall–Kier alpha value is -2.10. The predicted molar refractivity (Wildman–Crippen MR) is 79.4 cm³/mol. The average Bonchev–Trinajstić information content (AvgIpc) is 2.47. The fourth-order valence-electron chi connectivity index (χ4n) is 3.11. The summed E-state index contributed by atoms with van der Waals surface area (Å²) in [6, 6.07) is 7.39. The number of carbonyl (C=O) groups is 2. The highest BCUT2D eigenvalue weighted by molar-refractivity contribution is 6.00. The SMILES string of the molecule is C=C(C)C(=O)N1CCC2(CC1)CC(=O)c1ccccc1O2. The van der Waals surface area contributed by atoms with Gasteiger partial charge in [-0.25, -0.2) is 0 Å². The van der Waals surface area contributed by atoms with Crippen LogP contribution < -0.4 is 4.74 Å². The van der Waals surface area contributed by atoms with Crippen LogP contribution in [0.3, 0.4) is 0 Å². The molecule has 1 amide bonds. The van der Waals surface area contributed by atoms with E-state index in [0.29, 0.717) is 49.2 Å². The van der Waals surface area contributed by atoms with Gasteiger partial charge in [0.2, 0.25) is 5.91 Å². The van der Waals surface area contributed by atoms with E-state index in [1.54, 1.807) is 11.8 Å². The summed E-state index contributed by atoms with van der Waals surface area (Å²) < 4.78 is 6.14. The molecule has 0 saturated carbocycles. The van der Waals surface area contributed by atoms with Gasteiger partial charge in [0.25, 0.3) is 0 Å². The molecule has 4 nitrogen and oxygen atoms in total. The van der Waals surface area contributed by atoms with E-state index in [4.69, 9.17) is 4.74 Å². The Morgan fingerprint density at radius 2 is 1.95 bits per heavy atom. The number of benzene rings is 1. The summed E-state index contributed by atoms with van der Waals surface area (Å²) in [5, 5.41) is 0. The number of rotatable bonds is 1. The van der Waals surface area contributed by atoms with E-state index in [2.05, 4.69) is 6.58 Å². The number of ketones is 1. The second-order valence-electron chi connectivity index (χ2n) is 5.95. The quantitative estimate of drug-likeness (QED) is 0.745. The number of Topliss-reactive ketones (excluding diaryl/α,β-unsaturated/α-hetero) is 1. The molecule has 4 heteroatoms. The van der Waals surface area contributed by atoms with Crippen LogP contribution in [0, 0.1) is 0 Å². The predicted octanol–water partition coefficient (Wildman–Crippen LogP) is 2.59. The molecule has 0 aliphatic carbocycles. The Bertz CT molecular complexity index is 612. The number of ether oxygens (including phenoxy) is 1. The van der Waals surface area contributed by atoms with Crippen LogP contribution in [0.15, 0.2) is 36.4 Å². The maximum absolute atomic E-state index is 12.3. The third kappa shape index (κ3) is 2.46. The second-order valence-corrected chi connectivity index (χ2v) is 5.95.